The molecule has 0 aromatic heterocycles. The molecule has 0 saturated carbocycles. The number of hydrogen-bond donors (Lipinski definition) is 3. The zero-order valence-electron chi connectivity index (χ0n) is 16.7. The number of halogens is 1. The van der Waals surface area contributed by atoms with Crippen LogP contribution in [-0.2, 0) is 17.6 Å². The number of carbonyl (C=O) groups excluding carboxylic acids is 1. The van der Waals surface area contributed by atoms with Gasteiger partial charge in [-0.25, -0.2) is 10.4 Å². The van der Waals surface area contributed by atoms with Crippen LogP contribution in [-0.4, -0.2) is 38.8 Å². The molecule has 160 valence electrons. The fourth-order valence-corrected chi connectivity index (χ4v) is 3.86. The smallest absolute Gasteiger partial charge is 0.220 e. The van der Waals surface area contributed by atoms with Gasteiger partial charge in [-0.1, -0.05) is 12.8 Å². The minimum absolute atomic E-state index is 0.0569. The summed E-state index contributed by atoms with van der Waals surface area (Å²) in [7, 11) is 0. The number of unbranched alkanes of at least 4 members (excludes halogenated alkanes) is 3. The van der Waals surface area contributed by atoms with Crippen molar-refractivity contribution >= 4 is 23.4 Å². The lowest BCUT2D eigenvalue weighted by Gasteiger charge is -2.15. The normalized spacial score (nSPS) is 14.0. The zero-order valence-corrected chi connectivity index (χ0v) is 17.4. The first-order chi connectivity index (χ1) is 14.3. The van der Waals surface area contributed by atoms with Crippen molar-refractivity contribution in [1.29, 1.82) is 5.53 Å². The van der Waals surface area contributed by atoms with Gasteiger partial charge in [-0.05, 0) is 31.0 Å². The molecule has 0 spiro atoms. The van der Waals surface area contributed by atoms with E-state index in [1.165, 1.54) is 0 Å². The maximum Gasteiger partial charge on any atom is 0.220 e. The van der Waals surface area contributed by atoms with Crippen LogP contribution >= 0.6 is 11.8 Å². The summed E-state index contributed by atoms with van der Waals surface area (Å²) < 4.78 is 17.4. The SMILES string of the molecule is N=Nc1c2c(c(OCCCC(=O)NCCCCCCNCl)c3c1OCC3)CCO2. The van der Waals surface area contributed by atoms with Crippen molar-refractivity contribution in [2.45, 2.75) is 51.4 Å². The Hall–Kier alpha value is -2.06. The van der Waals surface area contributed by atoms with Crippen LogP contribution < -0.4 is 24.4 Å². The van der Waals surface area contributed by atoms with Crippen LogP contribution in [0.1, 0.15) is 49.7 Å². The molecule has 1 aromatic rings. The summed E-state index contributed by atoms with van der Waals surface area (Å²) >= 11 is 5.41. The first kappa shape index (κ1) is 21.6. The Balaban J connectivity index is 1.41. The van der Waals surface area contributed by atoms with E-state index in [0.717, 1.165) is 61.9 Å². The summed E-state index contributed by atoms with van der Waals surface area (Å²) in [5, 5.41) is 6.57. The molecule has 2 heterocycles. The highest BCUT2D eigenvalue weighted by Gasteiger charge is 2.32. The zero-order chi connectivity index (χ0) is 20.5. The van der Waals surface area contributed by atoms with Crippen LogP contribution in [0, 0.1) is 5.53 Å². The molecule has 3 rings (SSSR count). The van der Waals surface area contributed by atoms with Crippen LogP contribution in [0.2, 0.25) is 0 Å². The highest BCUT2D eigenvalue weighted by Crippen LogP contribution is 2.53. The lowest BCUT2D eigenvalue weighted by molar-refractivity contribution is -0.121. The van der Waals surface area contributed by atoms with Crippen molar-refractivity contribution in [3.63, 3.8) is 0 Å². The molecule has 0 unspecified atom stereocenters. The molecule has 0 atom stereocenters. The van der Waals surface area contributed by atoms with Crippen LogP contribution in [0.25, 0.3) is 0 Å². The van der Waals surface area contributed by atoms with Crippen LogP contribution in [0.5, 0.6) is 17.2 Å². The molecule has 0 saturated heterocycles. The van der Waals surface area contributed by atoms with Gasteiger partial charge in [-0.3, -0.25) is 4.79 Å². The minimum Gasteiger partial charge on any atom is -0.493 e. The molecule has 8 nitrogen and oxygen atoms in total. The number of rotatable bonds is 13. The summed E-state index contributed by atoms with van der Waals surface area (Å²) in [5.74, 6) is 2.07. The number of amides is 1. The summed E-state index contributed by atoms with van der Waals surface area (Å²) in [5.41, 5.74) is 9.85. The van der Waals surface area contributed by atoms with E-state index in [-0.39, 0.29) is 5.91 Å². The van der Waals surface area contributed by atoms with Gasteiger partial charge in [0.1, 0.15) is 5.75 Å². The molecule has 1 aromatic carbocycles. The maximum absolute atomic E-state index is 12.0. The third-order valence-electron chi connectivity index (χ3n) is 5.15. The molecule has 0 fully saturated rings. The molecule has 2 aliphatic rings. The van der Waals surface area contributed by atoms with E-state index < -0.39 is 0 Å². The Morgan fingerprint density at radius 2 is 1.69 bits per heavy atom. The largest absolute Gasteiger partial charge is 0.493 e. The van der Waals surface area contributed by atoms with Gasteiger partial charge in [0.2, 0.25) is 5.91 Å². The van der Waals surface area contributed by atoms with Gasteiger partial charge >= 0.3 is 0 Å². The topological polar surface area (TPSA) is 105 Å². The Morgan fingerprint density at radius 3 is 2.31 bits per heavy atom. The third-order valence-corrected chi connectivity index (χ3v) is 5.34. The van der Waals surface area contributed by atoms with E-state index in [4.69, 9.17) is 31.5 Å². The fraction of sp³-hybridized carbons (Fsp3) is 0.650. The van der Waals surface area contributed by atoms with E-state index in [1.807, 2.05) is 0 Å². The number of ether oxygens (including phenoxy) is 3. The highest BCUT2D eigenvalue weighted by atomic mass is 35.5. The fourth-order valence-electron chi connectivity index (χ4n) is 3.72. The number of benzene rings is 1. The highest BCUT2D eigenvalue weighted by molar-refractivity contribution is 6.13. The predicted octanol–water partition coefficient (Wildman–Crippen LogP) is 3.80. The van der Waals surface area contributed by atoms with Gasteiger partial charge in [0.15, 0.2) is 17.2 Å². The average molecular weight is 425 g/mol. The van der Waals surface area contributed by atoms with E-state index in [9.17, 15) is 4.79 Å². The molecule has 3 N–H and O–H groups in total. The molecule has 2 aliphatic heterocycles. The first-order valence-electron chi connectivity index (χ1n) is 10.3. The summed E-state index contributed by atoms with van der Waals surface area (Å²) in [6.07, 6.45) is 6.78. The molecular weight excluding hydrogens is 396 g/mol. The maximum atomic E-state index is 12.0. The van der Waals surface area contributed by atoms with E-state index in [1.54, 1.807) is 0 Å². The molecule has 0 radical (unpaired) electrons. The van der Waals surface area contributed by atoms with Crippen molar-refractivity contribution in [1.82, 2.24) is 10.2 Å². The van der Waals surface area contributed by atoms with Gasteiger partial charge in [0.25, 0.3) is 0 Å². The van der Waals surface area contributed by atoms with Gasteiger partial charge in [0.05, 0.1) is 19.8 Å². The van der Waals surface area contributed by atoms with E-state index in [2.05, 4.69) is 15.3 Å². The van der Waals surface area contributed by atoms with Crippen LogP contribution in [0.15, 0.2) is 5.11 Å². The quantitative estimate of drug-likeness (QED) is 0.254. The van der Waals surface area contributed by atoms with Gasteiger partial charge in [-0.2, -0.15) is 5.11 Å². The van der Waals surface area contributed by atoms with E-state index >= 15 is 0 Å². The second-order valence-corrected chi connectivity index (χ2v) is 7.47. The minimum atomic E-state index is 0.0569. The van der Waals surface area contributed by atoms with Gasteiger partial charge in [0, 0.05) is 43.5 Å². The lowest BCUT2D eigenvalue weighted by atomic mass is 10.0. The Kier molecular flexibility index (Phi) is 8.37. The predicted molar refractivity (Wildman–Crippen MR) is 110 cm³/mol. The molecule has 29 heavy (non-hydrogen) atoms. The van der Waals surface area contributed by atoms with Crippen LogP contribution in [0.4, 0.5) is 5.69 Å². The average Bonchev–Trinajstić information content (AvgIpc) is 3.39. The van der Waals surface area contributed by atoms with Crippen molar-refractivity contribution in [3.05, 3.63) is 11.1 Å². The number of nitrogens with one attached hydrogen (secondary N) is 3. The Bertz CT molecular complexity index is 694. The summed E-state index contributed by atoms with van der Waals surface area (Å²) in [4.78, 5) is 14.6. The van der Waals surface area contributed by atoms with Crippen molar-refractivity contribution < 1.29 is 19.0 Å². The second kappa shape index (κ2) is 11.2. The van der Waals surface area contributed by atoms with Crippen molar-refractivity contribution in [2.24, 2.45) is 5.11 Å². The van der Waals surface area contributed by atoms with Crippen LogP contribution in [0.3, 0.4) is 0 Å². The summed E-state index contributed by atoms with van der Waals surface area (Å²) in [6, 6.07) is 0. The Morgan fingerprint density at radius 1 is 1.03 bits per heavy atom. The van der Waals surface area contributed by atoms with E-state index in [0.29, 0.717) is 56.4 Å². The second-order valence-electron chi connectivity index (χ2n) is 7.20. The monoisotopic (exact) mass is 424 g/mol. The van der Waals surface area contributed by atoms with Crippen molar-refractivity contribution in [3.8, 4) is 17.2 Å². The molecular formula is C20H29ClN4O4. The lowest BCUT2D eigenvalue weighted by Crippen LogP contribution is -2.24. The number of fused-ring (bicyclic) bond motifs is 2. The number of carbonyl (C=O) groups is 1. The standard InChI is InChI=1S/C20H29ClN4O4/c21-24-10-4-2-1-3-9-23-16(26)6-5-11-27-18-14-7-12-28-19(14)17(25-22)20-15(18)8-13-29-20/h22,24H,1-13H2,(H,23,26). The third kappa shape index (κ3) is 5.51. The number of nitrogens with zero attached hydrogens (tertiary/aromatic N) is 1. The molecule has 1 amide bonds. The van der Waals surface area contributed by atoms with Gasteiger partial charge < -0.3 is 19.5 Å². The summed E-state index contributed by atoms with van der Waals surface area (Å²) in [6.45, 7) is 3.10. The van der Waals surface area contributed by atoms with Crippen molar-refractivity contribution in [2.75, 3.05) is 32.9 Å². The Labute approximate surface area is 176 Å². The van der Waals surface area contributed by atoms with Gasteiger partial charge in [-0.15, -0.1) is 0 Å². The number of hydrogen-bond acceptors (Lipinski definition) is 7. The molecule has 0 bridgehead atoms. The molecule has 9 heteroatoms. The molecule has 0 aliphatic carbocycles. The first-order valence-corrected chi connectivity index (χ1v) is 10.7.